The van der Waals surface area contributed by atoms with Crippen molar-refractivity contribution in [3.05, 3.63) is 47.2 Å². The molecule has 6 heteroatoms. The fourth-order valence-corrected chi connectivity index (χ4v) is 3.90. The third kappa shape index (κ3) is 3.01. The monoisotopic (exact) mass is 340 g/mol. The van der Waals surface area contributed by atoms with E-state index < -0.39 is 0 Å². The van der Waals surface area contributed by atoms with Gasteiger partial charge in [0.25, 0.3) is 0 Å². The number of nitrogens with zero attached hydrogens (tertiary/aromatic N) is 3. The molecular formula is C18H20N4OS. The van der Waals surface area contributed by atoms with Gasteiger partial charge in [-0.1, -0.05) is 0 Å². The number of thiazole rings is 1. The zero-order valence-electron chi connectivity index (χ0n) is 13.7. The van der Waals surface area contributed by atoms with Gasteiger partial charge in [-0.2, -0.15) is 0 Å². The van der Waals surface area contributed by atoms with Gasteiger partial charge in [-0.15, -0.1) is 11.3 Å². The van der Waals surface area contributed by atoms with E-state index in [9.17, 15) is 4.79 Å². The molecule has 1 fully saturated rings. The minimum atomic E-state index is -0.0298. The highest BCUT2D eigenvalue weighted by atomic mass is 32.1. The van der Waals surface area contributed by atoms with Crippen LogP contribution in [0.3, 0.4) is 0 Å². The molecule has 0 saturated carbocycles. The van der Waals surface area contributed by atoms with Gasteiger partial charge >= 0.3 is 0 Å². The van der Waals surface area contributed by atoms with Gasteiger partial charge in [0.1, 0.15) is 0 Å². The Morgan fingerprint density at radius 1 is 1.33 bits per heavy atom. The quantitative estimate of drug-likeness (QED) is 0.791. The van der Waals surface area contributed by atoms with Crippen molar-refractivity contribution >= 4 is 33.6 Å². The van der Waals surface area contributed by atoms with Crippen LogP contribution >= 0.6 is 11.3 Å². The van der Waals surface area contributed by atoms with E-state index in [0.717, 1.165) is 35.0 Å². The number of aromatic nitrogens is 2. The summed E-state index contributed by atoms with van der Waals surface area (Å²) in [7, 11) is 0. The fourth-order valence-electron chi connectivity index (χ4n) is 3.18. The summed E-state index contributed by atoms with van der Waals surface area (Å²) in [6, 6.07) is 6.26. The average Bonchev–Trinajstić information content (AvgIpc) is 3.25. The molecule has 0 aliphatic carbocycles. The highest BCUT2D eigenvalue weighted by Crippen LogP contribution is 2.25. The molecule has 3 heterocycles. The lowest BCUT2D eigenvalue weighted by Crippen LogP contribution is -2.18. The van der Waals surface area contributed by atoms with E-state index in [-0.39, 0.29) is 5.91 Å². The molecule has 1 aliphatic rings. The number of amides is 1. The Morgan fingerprint density at radius 3 is 2.92 bits per heavy atom. The minimum absolute atomic E-state index is 0.0298. The van der Waals surface area contributed by atoms with Crippen LogP contribution in [-0.2, 0) is 11.2 Å². The molecule has 1 N–H and O–H groups in total. The van der Waals surface area contributed by atoms with E-state index in [1.165, 1.54) is 18.5 Å². The van der Waals surface area contributed by atoms with Crippen molar-refractivity contribution in [1.29, 1.82) is 0 Å². The van der Waals surface area contributed by atoms with Crippen molar-refractivity contribution in [2.75, 3.05) is 23.3 Å². The van der Waals surface area contributed by atoms with Crippen molar-refractivity contribution in [3.63, 3.8) is 0 Å². The van der Waals surface area contributed by atoms with Crippen LogP contribution in [-0.4, -0.2) is 28.4 Å². The second-order valence-electron chi connectivity index (χ2n) is 6.24. The van der Waals surface area contributed by atoms with Crippen LogP contribution in [0.5, 0.6) is 0 Å². The number of aryl methyl sites for hydroxylation is 1. The molecule has 0 radical (unpaired) electrons. The standard InChI is InChI=1S/C18H20N4OS/c1-13-10-15(21-6-2-3-7-21)4-5-16(13)20-17(23)11-14-12-22-8-9-24-18(22)19-14/h4-5,8-10,12H,2-3,6-7,11H2,1H3,(H,20,23). The third-order valence-corrected chi connectivity index (χ3v) is 5.21. The van der Waals surface area contributed by atoms with Crippen LogP contribution in [0.2, 0.25) is 0 Å². The maximum Gasteiger partial charge on any atom is 0.230 e. The SMILES string of the molecule is Cc1cc(N2CCCC2)ccc1NC(=O)Cc1cn2ccsc2n1. The van der Waals surface area contributed by atoms with Gasteiger partial charge in [-0.3, -0.25) is 9.20 Å². The first kappa shape index (κ1) is 15.2. The zero-order chi connectivity index (χ0) is 16.5. The van der Waals surface area contributed by atoms with Crippen molar-refractivity contribution in [3.8, 4) is 0 Å². The zero-order valence-corrected chi connectivity index (χ0v) is 14.5. The van der Waals surface area contributed by atoms with Crippen molar-refractivity contribution < 1.29 is 4.79 Å². The molecule has 1 amide bonds. The molecule has 0 atom stereocenters. The summed E-state index contributed by atoms with van der Waals surface area (Å²) in [5.41, 5.74) is 4.02. The van der Waals surface area contributed by atoms with E-state index in [1.807, 2.05) is 35.2 Å². The summed E-state index contributed by atoms with van der Waals surface area (Å²) < 4.78 is 1.95. The van der Waals surface area contributed by atoms with Crippen LogP contribution in [0.4, 0.5) is 11.4 Å². The number of imidazole rings is 1. The van der Waals surface area contributed by atoms with Crippen LogP contribution in [0.15, 0.2) is 36.0 Å². The van der Waals surface area contributed by atoms with E-state index >= 15 is 0 Å². The van der Waals surface area contributed by atoms with E-state index in [0.29, 0.717) is 6.42 Å². The molecular weight excluding hydrogens is 320 g/mol. The molecule has 0 unspecified atom stereocenters. The lowest BCUT2D eigenvalue weighted by atomic mass is 10.1. The Labute approximate surface area is 144 Å². The maximum absolute atomic E-state index is 12.3. The van der Waals surface area contributed by atoms with Crippen molar-refractivity contribution in [2.45, 2.75) is 26.2 Å². The average molecular weight is 340 g/mol. The van der Waals surface area contributed by atoms with Crippen LogP contribution in [0.1, 0.15) is 24.1 Å². The lowest BCUT2D eigenvalue weighted by Gasteiger charge is -2.19. The number of rotatable bonds is 4. The topological polar surface area (TPSA) is 49.6 Å². The Balaban J connectivity index is 1.44. The molecule has 1 aliphatic heterocycles. The molecule has 0 spiro atoms. The first-order chi connectivity index (χ1) is 11.7. The van der Waals surface area contributed by atoms with Gasteiger partial charge in [0, 0.05) is 42.2 Å². The third-order valence-electron chi connectivity index (χ3n) is 4.44. The molecule has 3 aromatic rings. The van der Waals surface area contributed by atoms with Crippen LogP contribution < -0.4 is 10.2 Å². The first-order valence-corrected chi connectivity index (χ1v) is 9.13. The molecule has 124 valence electrons. The normalized spacial score (nSPS) is 14.5. The largest absolute Gasteiger partial charge is 0.372 e. The molecule has 0 bridgehead atoms. The smallest absolute Gasteiger partial charge is 0.230 e. The number of carbonyl (C=O) groups is 1. The fraction of sp³-hybridized carbons (Fsp3) is 0.333. The number of carbonyl (C=O) groups excluding carboxylic acids is 1. The van der Waals surface area contributed by atoms with Gasteiger partial charge in [0.05, 0.1) is 12.1 Å². The number of benzene rings is 1. The summed E-state index contributed by atoms with van der Waals surface area (Å²) in [6.07, 6.45) is 6.69. The number of nitrogens with one attached hydrogen (secondary N) is 1. The molecule has 2 aromatic heterocycles. The van der Waals surface area contributed by atoms with Gasteiger partial charge < -0.3 is 10.2 Å². The predicted molar refractivity (Wildman–Crippen MR) is 98.0 cm³/mol. The number of fused-ring (bicyclic) bond motifs is 1. The van der Waals surface area contributed by atoms with E-state index in [4.69, 9.17) is 0 Å². The van der Waals surface area contributed by atoms with Crippen LogP contribution in [0, 0.1) is 6.92 Å². The predicted octanol–water partition coefficient (Wildman–Crippen LogP) is 3.49. The number of anilines is 2. The van der Waals surface area contributed by atoms with Crippen molar-refractivity contribution in [2.24, 2.45) is 0 Å². The second-order valence-corrected chi connectivity index (χ2v) is 7.12. The molecule has 24 heavy (non-hydrogen) atoms. The summed E-state index contributed by atoms with van der Waals surface area (Å²) in [4.78, 5) is 20.1. The lowest BCUT2D eigenvalue weighted by molar-refractivity contribution is -0.115. The van der Waals surface area contributed by atoms with E-state index in [1.54, 1.807) is 11.3 Å². The number of hydrogen-bond donors (Lipinski definition) is 1. The summed E-state index contributed by atoms with van der Waals surface area (Å²) >= 11 is 1.57. The van der Waals surface area contributed by atoms with Crippen molar-refractivity contribution in [1.82, 2.24) is 9.38 Å². The van der Waals surface area contributed by atoms with Crippen LogP contribution in [0.25, 0.3) is 4.96 Å². The van der Waals surface area contributed by atoms with E-state index in [2.05, 4.69) is 27.3 Å². The highest BCUT2D eigenvalue weighted by molar-refractivity contribution is 7.15. The second kappa shape index (κ2) is 6.28. The molecule has 1 saturated heterocycles. The first-order valence-electron chi connectivity index (χ1n) is 8.25. The molecule has 4 rings (SSSR count). The Kier molecular flexibility index (Phi) is 3.98. The molecule has 5 nitrogen and oxygen atoms in total. The summed E-state index contributed by atoms with van der Waals surface area (Å²) in [5.74, 6) is -0.0298. The molecule has 1 aromatic carbocycles. The van der Waals surface area contributed by atoms with Gasteiger partial charge in [0.15, 0.2) is 4.96 Å². The Hall–Kier alpha value is -2.34. The van der Waals surface area contributed by atoms with Gasteiger partial charge in [-0.25, -0.2) is 4.98 Å². The summed E-state index contributed by atoms with van der Waals surface area (Å²) in [6.45, 7) is 4.30. The van der Waals surface area contributed by atoms with Gasteiger partial charge in [-0.05, 0) is 43.5 Å². The highest BCUT2D eigenvalue weighted by Gasteiger charge is 2.14. The maximum atomic E-state index is 12.3. The number of hydrogen-bond acceptors (Lipinski definition) is 4. The Morgan fingerprint density at radius 2 is 2.17 bits per heavy atom. The summed E-state index contributed by atoms with van der Waals surface area (Å²) in [5, 5.41) is 4.99. The van der Waals surface area contributed by atoms with Gasteiger partial charge in [0.2, 0.25) is 5.91 Å². The minimum Gasteiger partial charge on any atom is -0.372 e. The Bertz CT molecular complexity index is 848.